The minimum atomic E-state index is -0.281. The first-order chi connectivity index (χ1) is 14.6. The molecule has 0 unspecified atom stereocenters. The summed E-state index contributed by atoms with van der Waals surface area (Å²) in [5, 5.41) is 3.70. The molecule has 0 spiro atoms. The highest BCUT2D eigenvalue weighted by Crippen LogP contribution is 2.23. The van der Waals surface area contributed by atoms with Gasteiger partial charge in [-0.25, -0.2) is 4.98 Å². The number of hydrogen-bond acceptors (Lipinski definition) is 3. The Labute approximate surface area is 180 Å². The van der Waals surface area contributed by atoms with Crippen LogP contribution in [0.1, 0.15) is 24.4 Å². The van der Waals surface area contributed by atoms with E-state index in [0.29, 0.717) is 17.3 Å². The van der Waals surface area contributed by atoms with Gasteiger partial charge < -0.3 is 14.6 Å². The van der Waals surface area contributed by atoms with Crippen LogP contribution in [-0.4, -0.2) is 22.1 Å². The quantitative estimate of drug-likeness (QED) is 0.459. The molecule has 0 saturated heterocycles. The highest BCUT2D eigenvalue weighted by Gasteiger charge is 2.19. The van der Waals surface area contributed by atoms with Gasteiger partial charge in [0.25, 0.3) is 5.91 Å². The first kappa shape index (κ1) is 20.0. The molecule has 1 atom stereocenters. The van der Waals surface area contributed by atoms with E-state index in [-0.39, 0.29) is 18.6 Å². The maximum absolute atomic E-state index is 12.4. The van der Waals surface area contributed by atoms with Gasteiger partial charge in [0.05, 0.1) is 17.1 Å². The van der Waals surface area contributed by atoms with E-state index in [1.807, 2.05) is 85.8 Å². The second-order valence-corrected chi connectivity index (χ2v) is 7.50. The number of carbonyl (C=O) groups excluding carboxylic acids is 1. The molecule has 1 aromatic heterocycles. The van der Waals surface area contributed by atoms with Crippen LogP contribution in [0.15, 0.2) is 78.9 Å². The highest BCUT2D eigenvalue weighted by molar-refractivity contribution is 6.30. The molecule has 0 aliphatic rings. The molecule has 4 aromatic rings. The Kier molecular flexibility index (Phi) is 6.00. The number of ether oxygens (including phenoxy) is 1. The fourth-order valence-electron chi connectivity index (χ4n) is 3.38. The lowest BCUT2D eigenvalue weighted by Gasteiger charge is -2.17. The van der Waals surface area contributed by atoms with Crippen molar-refractivity contribution in [2.75, 3.05) is 6.61 Å². The van der Waals surface area contributed by atoms with Crippen LogP contribution in [0.5, 0.6) is 5.75 Å². The third kappa shape index (κ3) is 4.63. The monoisotopic (exact) mass is 419 g/mol. The summed E-state index contributed by atoms with van der Waals surface area (Å²) in [4.78, 5) is 17.2. The van der Waals surface area contributed by atoms with Crippen molar-refractivity contribution in [2.24, 2.45) is 0 Å². The van der Waals surface area contributed by atoms with Gasteiger partial charge in [0.15, 0.2) is 6.61 Å². The largest absolute Gasteiger partial charge is 0.484 e. The molecule has 0 aliphatic heterocycles. The minimum absolute atomic E-state index is 0.0498. The molecule has 1 N–H and O–H groups in total. The molecule has 0 aliphatic carbocycles. The number of nitrogens with one attached hydrogen (secondary N) is 1. The summed E-state index contributed by atoms with van der Waals surface area (Å²) >= 11 is 6.02. The van der Waals surface area contributed by atoms with E-state index in [1.165, 1.54) is 0 Å². The number of para-hydroxylation sites is 3. The minimum Gasteiger partial charge on any atom is -0.484 e. The Morgan fingerprint density at radius 3 is 2.50 bits per heavy atom. The fourth-order valence-corrected chi connectivity index (χ4v) is 3.50. The van der Waals surface area contributed by atoms with Gasteiger partial charge in [-0.1, -0.05) is 54.1 Å². The van der Waals surface area contributed by atoms with Crippen molar-refractivity contribution in [2.45, 2.75) is 19.5 Å². The third-order valence-electron chi connectivity index (χ3n) is 4.82. The van der Waals surface area contributed by atoms with Crippen molar-refractivity contribution < 1.29 is 9.53 Å². The van der Waals surface area contributed by atoms with Crippen LogP contribution in [0.3, 0.4) is 0 Å². The summed E-state index contributed by atoms with van der Waals surface area (Å²) in [7, 11) is 0. The molecule has 6 heteroatoms. The van der Waals surface area contributed by atoms with Gasteiger partial charge in [0.2, 0.25) is 0 Å². The zero-order chi connectivity index (χ0) is 20.9. The molecule has 152 valence electrons. The van der Waals surface area contributed by atoms with E-state index in [2.05, 4.69) is 9.88 Å². The van der Waals surface area contributed by atoms with Gasteiger partial charge >= 0.3 is 0 Å². The number of fused-ring (bicyclic) bond motifs is 1. The number of aromatic nitrogens is 2. The Morgan fingerprint density at radius 2 is 1.73 bits per heavy atom. The van der Waals surface area contributed by atoms with Gasteiger partial charge in [-0.2, -0.15) is 0 Å². The topological polar surface area (TPSA) is 56.1 Å². The van der Waals surface area contributed by atoms with Crippen molar-refractivity contribution in [3.8, 4) is 5.75 Å². The maximum atomic E-state index is 12.4. The number of halogens is 1. The maximum Gasteiger partial charge on any atom is 0.258 e. The van der Waals surface area contributed by atoms with Gasteiger partial charge in [-0.3, -0.25) is 4.79 Å². The Bertz CT molecular complexity index is 1140. The Balaban J connectivity index is 1.53. The van der Waals surface area contributed by atoms with Crippen LogP contribution in [0.25, 0.3) is 11.0 Å². The zero-order valence-corrected chi connectivity index (χ0v) is 17.3. The molecule has 0 saturated carbocycles. The average molecular weight is 420 g/mol. The number of nitrogens with zero attached hydrogens (tertiary/aromatic N) is 2. The Hall–Kier alpha value is -3.31. The molecule has 0 fully saturated rings. The van der Waals surface area contributed by atoms with Crippen molar-refractivity contribution in [3.05, 3.63) is 95.3 Å². The zero-order valence-electron chi connectivity index (χ0n) is 16.6. The third-order valence-corrected chi connectivity index (χ3v) is 5.07. The van der Waals surface area contributed by atoms with Crippen LogP contribution in [0, 0.1) is 0 Å². The molecule has 1 amide bonds. The summed E-state index contributed by atoms with van der Waals surface area (Å²) in [6, 6.07) is 24.7. The van der Waals surface area contributed by atoms with Crippen molar-refractivity contribution in [1.29, 1.82) is 0 Å². The van der Waals surface area contributed by atoms with Crippen molar-refractivity contribution in [1.82, 2.24) is 14.9 Å². The molecule has 30 heavy (non-hydrogen) atoms. The number of rotatable bonds is 7. The summed E-state index contributed by atoms with van der Waals surface area (Å²) in [5.74, 6) is 1.26. The van der Waals surface area contributed by atoms with E-state index in [0.717, 1.165) is 22.4 Å². The van der Waals surface area contributed by atoms with Crippen molar-refractivity contribution in [3.63, 3.8) is 0 Å². The van der Waals surface area contributed by atoms with E-state index in [4.69, 9.17) is 21.3 Å². The van der Waals surface area contributed by atoms with Crippen molar-refractivity contribution >= 4 is 28.5 Å². The summed E-state index contributed by atoms with van der Waals surface area (Å²) < 4.78 is 7.68. The van der Waals surface area contributed by atoms with Gasteiger partial charge in [0.1, 0.15) is 11.6 Å². The molecule has 5 nitrogen and oxygen atoms in total. The normalized spacial score (nSPS) is 11.9. The predicted octanol–water partition coefficient (Wildman–Crippen LogP) is 4.99. The summed E-state index contributed by atoms with van der Waals surface area (Å²) in [6.45, 7) is 2.51. The molecular weight excluding hydrogens is 398 g/mol. The molecule has 3 aromatic carbocycles. The Morgan fingerprint density at radius 1 is 1.03 bits per heavy atom. The second kappa shape index (κ2) is 9.01. The van der Waals surface area contributed by atoms with Crippen LogP contribution in [0.4, 0.5) is 0 Å². The van der Waals surface area contributed by atoms with Crippen LogP contribution in [-0.2, 0) is 11.3 Å². The number of imidazole rings is 1. The molecule has 4 rings (SSSR count). The summed E-state index contributed by atoms with van der Waals surface area (Å²) in [5.41, 5.74) is 3.02. The number of carbonyl (C=O) groups is 1. The smallest absolute Gasteiger partial charge is 0.258 e. The lowest BCUT2D eigenvalue weighted by molar-refractivity contribution is -0.123. The van der Waals surface area contributed by atoms with Crippen LogP contribution < -0.4 is 10.1 Å². The number of benzene rings is 3. The first-order valence-electron chi connectivity index (χ1n) is 9.77. The predicted molar refractivity (Wildman–Crippen MR) is 119 cm³/mol. The van der Waals surface area contributed by atoms with Gasteiger partial charge in [-0.15, -0.1) is 0 Å². The standard InChI is InChI=1S/C24H22ClN3O2/c1-17(26-23(29)16-30-20-7-3-2-4-8-20)24-27-21-9-5-6-10-22(21)28(24)15-18-11-13-19(25)14-12-18/h2-14,17H,15-16H2,1H3,(H,26,29)/t17-/m1/s1. The first-order valence-corrected chi connectivity index (χ1v) is 10.1. The van der Waals surface area contributed by atoms with E-state index in [1.54, 1.807) is 0 Å². The van der Waals surface area contributed by atoms with Crippen LogP contribution in [0.2, 0.25) is 5.02 Å². The highest BCUT2D eigenvalue weighted by atomic mass is 35.5. The molecular formula is C24H22ClN3O2. The molecule has 0 radical (unpaired) electrons. The van der Waals surface area contributed by atoms with Gasteiger partial charge in [0, 0.05) is 11.6 Å². The van der Waals surface area contributed by atoms with E-state index >= 15 is 0 Å². The van der Waals surface area contributed by atoms with E-state index in [9.17, 15) is 4.79 Å². The second-order valence-electron chi connectivity index (χ2n) is 7.06. The average Bonchev–Trinajstić information content (AvgIpc) is 3.13. The van der Waals surface area contributed by atoms with Gasteiger partial charge in [-0.05, 0) is 48.9 Å². The molecule has 1 heterocycles. The fraction of sp³-hybridized carbons (Fsp3) is 0.167. The lowest BCUT2D eigenvalue weighted by Crippen LogP contribution is -2.32. The van der Waals surface area contributed by atoms with E-state index < -0.39 is 0 Å². The SMILES string of the molecule is C[C@@H](NC(=O)COc1ccccc1)c1nc2ccccc2n1Cc1ccc(Cl)cc1. The number of hydrogen-bond donors (Lipinski definition) is 1. The number of amides is 1. The molecule has 0 bridgehead atoms. The van der Waals surface area contributed by atoms with Crippen LogP contribution >= 0.6 is 11.6 Å². The summed E-state index contributed by atoms with van der Waals surface area (Å²) in [6.07, 6.45) is 0. The lowest BCUT2D eigenvalue weighted by atomic mass is 10.2.